The summed E-state index contributed by atoms with van der Waals surface area (Å²) in [6.07, 6.45) is 9.14. The van der Waals surface area contributed by atoms with Gasteiger partial charge in [0, 0.05) is 40.9 Å². The number of carbonyl (C=O) groups is 1. The topological polar surface area (TPSA) is 124 Å². The highest BCUT2D eigenvalue weighted by atomic mass is 35.5. The molecule has 5 aromatic rings. The summed E-state index contributed by atoms with van der Waals surface area (Å²) >= 11 is 6.12. The van der Waals surface area contributed by atoms with Crippen LogP contribution in [-0.2, 0) is 17.9 Å². The quantitative estimate of drug-likeness (QED) is 0.307. The van der Waals surface area contributed by atoms with Crippen LogP contribution in [0.2, 0.25) is 5.02 Å². The van der Waals surface area contributed by atoms with Crippen LogP contribution < -0.4 is 10.6 Å². The zero-order chi connectivity index (χ0) is 25.2. The first-order chi connectivity index (χ1) is 18.1. The number of rotatable bonds is 8. The second kappa shape index (κ2) is 9.86. The minimum absolute atomic E-state index is 0.0319. The van der Waals surface area contributed by atoms with Crippen LogP contribution in [0.4, 0.5) is 16.3 Å². The number of nitrogens with one attached hydrogen (secondary N) is 2. The van der Waals surface area contributed by atoms with Crippen LogP contribution >= 0.6 is 11.6 Å². The van der Waals surface area contributed by atoms with Crippen LogP contribution in [-0.4, -0.2) is 40.7 Å². The summed E-state index contributed by atoms with van der Waals surface area (Å²) in [6, 6.07) is 12.9. The van der Waals surface area contributed by atoms with Gasteiger partial charge >= 0.3 is 6.09 Å². The maximum atomic E-state index is 12.5. The third kappa shape index (κ3) is 5.36. The summed E-state index contributed by atoms with van der Waals surface area (Å²) < 4.78 is 8.94. The van der Waals surface area contributed by atoms with E-state index in [4.69, 9.17) is 16.3 Å². The molecule has 0 unspecified atom stereocenters. The fourth-order valence-electron chi connectivity index (χ4n) is 4.06. The van der Waals surface area contributed by atoms with Crippen LogP contribution in [0.15, 0.2) is 67.4 Å². The lowest BCUT2D eigenvalue weighted by atomic mass is 10.2. The first-order valence-corrected chi connectivity index (χ1v) is 12.1. The normalized spacial score (nSPS) is 13.0. The molecule has 1 amide bonds. The molecule has 11 nitrogen and oxygen atoms in total. The summed E-state index contributed by atoms with van der Waals surface area (Å²) in [5.41, 5.74) is 5.29. The van der Waals surface area contributed by atoms with Crippen molar-refractivity contribution in [2.75, 3.05) is 10.6 Å². The van der Waals surface area contributed by atoms with E-state index in [9.17, 15) is 4.79 Å². The molecule has 0 aliphatic heterocycles. The van der Waals surface area contributed by atoms with Crippen LogP contribution in [0.5, 0.6) is 0 Å². The van der Waals surface area contributed by atoms with E-state index >= 15 is 0 Å². The van der Waals surface area contributed by atoms with Crippen molar-refractivity contribution in [2.45, 2.75) is 31.9 Å². The van der Waals surface area contributed by atoms with Crippen molar-refractivity contribution >= 4 is 34.8 Å². The molecule has 4 heterocycles. The number of amides is 1. The number of hydrogen-bond acceptors (Lipinski definition) is 8. The number of fused-ring (bicyclic) bond motifs is 1. The Morgan fingerprint density at radius 1 is 1.14 bits per heavy atom. The summed E-state index contributed by atoms with van der Waals surface area (Å²) in [6.45, 7) is 0.499. The van der Waals surface area contributed by atoms with Crippen molar-refractivity contribution in [3.8, 4) is 5.69 Å². The summed E-state index contributed by atoms with van der Waals surface area (Å²) in [4.78, 5) is 21.3. The number of aromatic nitrogens is 7. The maximum absolute atomic E-state index is 12.5. The highest BCUT2D eigenvalue weighted by molar-refractivity contribution is 6.30. The molecule has 0 spiro atoms. The average molecular weight is 516 g/mol. The van der Waals surface area contributed by atoms with Gasteiger partial charge in [-0.2, -0.15) is 0 Å². The molecule has 6 rings (SSSR count). The molecular formula is C25H22ClN9O2. The number of benzene rings is 1. The molecule has 0 atom stereocenters. The maximum Gasteiger partial charge on any atom is 0.413 e. The van der Waals surface area contributed by atoms with E-state index in [2.05, 4.69) is 58.9 Å². The number of tetrazole rings is 1. The number of carbonyl (C=O) groups excluding carboxylic acids is 1. The predicted molar refractivity (Wildman–Crippen MR) is 137 cm³/mol. The van der Waals surface area contributed by atoms with Gasteiger partial charge in [-0.3, -0.25) is 5.32 Å². The molecule has 0 radical (unpaired) electrons. The lowest BCUT2D eigenvalue weighted by molar-refractivity contribution is 0.155. The third-order valence-electron chi connectivity index (χ3n) is 6.03. The summed E-state index contributed by atoms with van der Waals surface area (Å²) in [5, 5.41) is 17.6. The van der Waals surface area contributed by atoms with Gasteiger partial charge in [0.15, 0.2) is 0 Å². The molecule has 2 N–H and O–H groups in total. The Morgan fingerprint density at radius 3 is 2.89 bits per heavy atom. The number of imidazole rings is 1. The number of nitrogens with zero attached hydrogens (tertiary/aromatic N) is 7. The highest BCUT2D eigenvalue weighted by Gasteiger charge is 2.23. The van der Waals surface area contributed by atoms with E-state index in [1.807, 2.05) is 12.3 Å². The Balaban J connectivity index is 1.06. The first kappa shape index (κ1) is 22.9. The lowest BCUT2D eigenvalue weighted by Gasteiger charge is -2.11. The standard InChI is InChI=1S/C25H22ClN9O2/c26-19-4-5-22(35-15-29-32-33-35)18(9-19)14-37-25(36)31-23-10-20(7-8-27-23)28-11-21-13-34-12-17(16-1-2-16)3-6-24(34)30-21/h3-10,12-13,15-16H,1-2,11,14H2,(H2,27,28,31,36). The van der Waals surface area contributed by atoms with Gasteiger partial charge < -0.3 is 14.5 Å². The largest absolute Gasteiger partial charge is 0.444 e. The average Bonchev–Trinajstić information content (AvgIpc) is 3.44. The zero-order valence-corrected chi connectivity index (χ0v) is 20.3. The number of hydrogen-bond donors (Lipinski definition) is 2. The van der Waals surface area contributed by atoms with Gasteiger partial charge in [0.2, 0.25) is 0 Å². The summed E-state index contributed by atoms with van der Waals surface area (Å²) in [7, 11) is 0. The van der Waals surface area contributed by atoms with Gasteiger partial charge in [-0.25, -0.2) is 19.4 Å². The van der Waals surface area contributed by atoms with Gasteiger partial charge in [-0.15, -0.1) is 5.10 Å². The zero-order valence-electron chi connectivity index (χ0n) is 19.6. The molecule has 186 valence electrons. The van der Waals surface area contributed by atoms with E-state index in [-0.39, 0.29) is 6.61 Å². The molecule has 1 aliphatic rings. The lowest BCUT2D eigenvalue weighted by Crippen LogP contribution is -2.15. The molecule has 1 aromatic carbocycles. The molecule has 12 heteroatoms. The second-order valence-corrected chi connectivity index (χ2v) is 9.18. The van der Waals surface area contributed by atoms with E-state index in [1.165, 1.54) is 29.4 Å². The molecule has 0 bridgehead atoms. The SMILES string of the molecule is O=C(Nc1cc(NCc2cn3cc(C4CC4)ccc3n2)ccn1)OCc1cc(Cl)ccc1-n1cnnn1. The van der Waals surface area contributed by atoms with Crippen LogP contribution in [0.3, 0.4) is 0 Å². The van der Waals surface area contributed by atoms with E-state index < -0.39 is 6.09 Å². The highest BCUT2D eigenvalue weighted by Crippen LogP contribution is 2.39. The number of halogens is 1. The fraction of sp³-hybridized carbons (Fsp3) is 0.200. The Hall–Kier alpha value is -4.51. The van der Waals surface area contributed by atoms with E-state index in [0.717, 1.165) is 17.0 Å². The van der Waals surface area contributed by atoms with Gasteiger partial charge in [0.1, 0.15) is 24.4 Å². The van der Waals surface area contributed by atoms with Gasteiger partial charge in [0.05, 0.1) is 17.9 Å². The predicted octanol–water partition coefficient (Wildman–Crippen LogP) is 4.60. The Labute approximate surface area is 216 Å². The second-order valence-electron chi connectivity index (χ2n) is 8.75. The number of ether oxygens (including phenoxy) is 1. The number of pyridine rings is 2. The molecule has 1 saturated carbocycles. The Bertz CT molecular complexity index is 1560. The Morgan fingerprint density at radius 2 is 2.05 bits per heavy atom. The van der Waals surface area contributed by atoms with Crippen molar-refractivity contribution in [3.05, 3.63) is 89.2 Å². The minimum Gasteiger partial charge on any atom is -0.444 e. The van der Waals surface area contributed by atoms with Crippen LogP contribution in [0.25, 0.3) is 11.3 Å². The fourth-order valence-corrected chi connectivity index (χ4v) is 4.25. The van der Waals surface area contributed by atoms with Crippen molar-refractivity contribution in [1.29, 1.82) is 0 Å². The first-order valence-electron chi connectivity index (χ1n) is 11.7. The van der Waals surface area contributed by atoms with Crippen LogP contribution in [0, 0.1) is 0 Å². The molecule has 0 saturated heterocycles. The van der Waals surface area contributed by atoms with Gasteiger partial charge in [0.25, 0.3) is 0 Å². The molecule has 1 fully saturated rings. The van der Waals surface area contributed by atoms with Crippen molar-refractivity contribution in [2.24, 2.45) is 0 Å². The van der Waals surface area contributed by atoms with Gasteiger partial charge in [-0.05, 0) is 65.1 Å². The van der Waals surface area contributed by atoms with Gasteiger partial charge in [-0.1, -0.05) is 17.7 Å². The van der Waals surface area contributed by atoms with Crippen molar-refractivity contribution in [3.63, 3.8) is 0 Å². The molecular weight excluding hydrogens is 494 g/mol. The third-order valence-corrected chi connectivity index (χ3v) is 6.27. The smallest absolute Gasteiger partial charge is 0.413 e. The van der Waals surface area contributed by atoms with Crippen molar-refractivity contribution in [1.82, 2.24) is 34.6 Å². The minimum atomic E-state index is -0.654. The number of anilines is 2. The molecule has 1 aliphatic carbocycles. The monoisotopic (exact) mass is 515 g/mol. The van der Waals surface area contributed by atoms with E-state index in [1.54, 1.807) is 30.5 Å². The Kier molecular flexibility index (Phi) is 6.11. The summed E-state index contributed by atoms with van der Waals surface area (Å²) in [5.74, 6) is 1.05. The molecule has 37 heavy (non-hydrogen) atoms. The van der Waals surface area contributed by atoms with E-state index in [0.29, 0.717) is 34.6 Å². The van der Waals surface area contributed by atoms with Crippen molar-refractivity contribution < 1.29 is 9.53 Å². The van der Waals surface area contributed by atoms with Crippen LogP contribution in [0.1, 0.15) is 35.6 Å². The molecule has 4 aromatic heterocycles.